The van der Waals surface area contributed by atoms with Gasteiger partial charge in [-0.2, -0.15) is 0 Å². The average molecular weight is 404 g/mol. The lowest BCUT2D eigenvalue weighted by molar-refractivity contribution is -0.135. The highest BCUT2D eigenvalue weighted by Crippen LogP contribution is 2.40. The first kappa shape index (κ1) is 19.2. The van der Waals surface area contributed by atoms with Crippen molar-refractivity contribution in [1.82, 2.24) is 14.5 Å². The van der Waals surface area contributed by atoms with Gasteiger partial charge in [-0.3, -0.25) is 4.79 Å². The first-order valence-corrected chi connectivity index (χ1v) is 12.6. The van der Waals surface area contributed by atoms with E-state index < -0.39 is 0 Å². The van der Waals surface area contributed by atoms with Crippen LogP contribution in [0.3, 0.4) is 0 Å². The van der Waals surface area contributed by atoms with Gasteiger partial charge < -0.3 is 9.47 Å². The Morgan fingerprint density at radius 1 is 1.22 bits per heavy atom. The number of aromatic nitrogens is 2. The fourth-order valence-corrected chi connectivity index (χ4v) is 7.34. The van der Waals surface area contributed by atoms with Gasteiger partial charge in [-0.05, 0) is 50.7 Å². The highest BCUT2D eigenvalue weighted by molar-refractivity contribution is 8.77. The van der Waals surface area contributed by atoms with Crippen molar-refractivity contribution in [3.63, 3.8) is 0 Å². The second-order valence-electron chi connectivity index (χ2n) is 7.69. The number of imidazole rings is 1. The maximum Gasteiger partial charge on any atom is 0.223 e. The number of para-hydroxylation sites is 2. The minimum Gasteiger partial charge on any atom is -0.333 e. The standard InChI is InChI=1S/C21H29N3OS2/c1-23-18-10-4-3-9-17(18)22-21(23)19-11-6-7-14-24(19)20(25)12-5-2-8-16-13-15-26-27-16/h3-4,9-10,16,19H,2,5-8,11-15H2,1H3/t16-,19?/m1/s1. The summed E-state index contributed by atoms with van der Waals surface area (Å²) in [6, 6.07) is 8.39. The number of carbonyl (C=O) groups excluding carboxylic acids is 1. The minimum absolute atomic E-state index is 0.130. The van der Waals surface area contributed by atoms with Gasteiger partial charge >= 0.3 is 0 Å². The van der Waals surface area contributed by atoms with E-state index in [1.165, 1.54) is 31.4 Å². The molecule has 2 atom stereocenters. The molecule has 1 amide bonds. The highest BCUT2D eigenvalue weighted by atomic mass is 33.1. The molecule has 0 aliphatic carbocycles. The maximum atomic E-state index is 13.0. The van der Waals surface area contributed by atoms with Gasteiger partial charge in [0.15, 0.2) is 0 Å². The summed E-state index contributed by atoms with van der Waals surface area (Å²) in [5.74, 6) is 2.66. The van der Waals surface area contributed by atoms with Gasteiger partial charge in [0.2, 0.25) is 5.91 Å². The third-order valence-corrected chi connectivity index (χ3v) is 8.84. The van der Waals surface area contributed by atoms with Crippen molar-refractivity contribution in [3.05, 3.63) is 30.1 Å². The number of carbonyl (C=O) groups is 1. The van der Waals surface area contributed by atoms with E-state index in [0.29, 0.717) is 12.3 Å². The molecule has 1 unspecified atom stereocenters. The quantitative estimate of drug-likeness (QED) is 0.482. The summed E-state index contributed by atoms with van der Waals surface area (Å²) >= 11 is 0. The molecule has 27 heavy (non-hydrogen) atoms. The van der Waals surface area contributed by atoms with Crippen LogP contribution in [-0.2, 0) is 11.8 Å². The van der Waals surface area contributed by atoms with Crippen LogP contribution >= 0.6 is 21.6 Å². The second kappa shape index (κ2) is 8.91. The van der Waals surface area contributed by atoms with E-state index in [0.717, 1.165) is 47.9 Å². The third-order valence-electron chi connectivity index (χ3n) is 5.84. The van der Waals surface area contributed by atoms with Crippen LogP contribution in [0, 0.1) is 0 Å². The van der Waals surface area contributed by atoms with E-state index in [9.17, 15) is 4.79 Å². The van der Waals surface area contributed by atoms with Crippen molar-refractivity contribution < 1.29 is 4.79 Å². The third kappa shape index (κ3) is 4.32. The Bertz CT molecular complexity index is 785. The van der Waals surface area contributed by atoms with Crippen molar-refractivity contribution in [2.75, 3.05) is 12.3 Å². The van der Waals surface area contributed by atoms with Crippen LogP contribution in [0.5, 0.6) is 0 Å². The van der Waals surface area contributed by atoms with Crippen molar-refractivity contribution in [2.24, 2.45) is 7.05 Å². The first-order valence-electron chi connectivity index (χ1n) is 10.2. The molecule has 146 valence electrons. The first-order chi connectivity index (χ1) is 13.2. The predicted octanol–water partition coefficient (Wildman–Crippen LogP) is 5.34. The number of rotatable bonds is 6. The lowest BCUT2D eigenvalue weighted by atomic mass is 10.00. The molecule has 4 nitrogen and oxygen atoms in total. The zero-order valence-corrected chi connectivity index (χ0v) is 17.7. The van der Waals surface area contributed by atoms with Crippen molar-refractivity contribution >= 4 is 38.5 Å². The number of amides is 1. The van der Waals surface area contributed by atoms with E-state index in [4.69, 9.17) is 4.98 Å². The van der Waals surface area contributed by atoms with Gasteiger partial charge in [0.05, 0.1) is 17.1 Å². The molecule has 3 heterocycles. The number of hydrogen-bond donors (Lipinski definition) is 0. The summed E-state index contributed by atoms with van der Waals surface area (Å²) in [5, 5.41) is 0.813. The van der Waals surface area contributed by atoms with E-state index in [1.807, 2.05) is 27.7 Å². The Labute approximate surface area is 169 Å². The fraction of sp³-hybridized carbons (Fsp3) is 0.619. The van der Waals surface area contributed by atoms with Crippen molar-refractivity contribution in [1.29, 1.82) is 0 Å². The molecule has 1 aromatic carbocycles. The predicted molar refractivity (Wildman–Crippen MR) is 116 cm³/mol. The molecule has 2 aliphatic rings. The number of hydrogen-bond acceptors (Lipinski definition) is 4. The van der Waals surface area contributed by atoms with Crippen LogP contribution in [0.25, 0.3) is 11.0 Å². The Morgan fingerprint density at radius 3 is 2.93 bits per heavy atom. The average Bonchev–Trinajstić information content (AvgIpc) is 3.33. The number of piperidine rings is 1. The number of unbranched alkanes of at least 4 members (excludes halogenated alkanes) is 1. The lowest BCUT2D eigenvalue weighted by Crippen LogP contribution is -2.39. The summed E-state index contributed by atoms with van der Waals surface area (Å²) in [6.07, 6.45) is 8.80. The molecule has 6 heteroatoms. The van der Waals surface area contributed by atoms with E-state index in [2.05, 4.69) is 34.7 Å². The largest absolute Gasteiger partial charge is 0.333 e. The van der Waals surface area contributed by atoms with Crippen molar-refractivity contribution in [2.45, 2.75) is 62.7 Å². The minimum atomic E-state index is 0.130. The molecule has 4 rings (SSSR count). The van der Waals surface area contributed by atoms with Crippen LogP contribution in [0.15, 0.2) is 24.3 Å². The van der Waals surface area contributed by atoms with Crippen LogP contribution in [0.4, 0.5) is 0 Å². The van der Waals surface area contributed by atoms with E-state index in [1.54, 1.807) is 0 Å². The normalized spacial score (nSPS) is 23.2. The molecule has 2 aliphatic heterocycles. The Hall–Kier alpha value is -1.14. The van der Waals surface area contributed by atoms with Gasteiger partial charge in [-0.25, -0.2) is 4.98 Å². The van der Waals surface area contributed by atoms with Gasteiger partial charge in [0.25, 0.3) is 0 Å². The SMILES string of the molecule is Cn1c(C2CCCCN2C(=O)CCCC[C@@H]2CCSS2)nc2ccccc21. The molecule has 0 radical (unpaired) electrons. The molecular weight excluding hydrogens is 374 g/mol. The summed E-state index contributed by atoms with van der Waals surface area (Å²) < 4.78 is 2.18. The lowest BCUT2D eigenvalue weighted by Gasteiger charge is -2.35. The molecule has 2 aromatic rings. The molecule has 0 N–H and O–H groups in total. The smallest absolute Gasteiger partial charge is 0.223 e. The number of benzene rings is 1. The van der Waals surface area contributed by atoms with Gasteiger partial charge in [-0.15, -0.1) is 0 Å². The van der Waals surface area contributed by atoms with Crippen molar-refractivity contribution in [3.8, 4) is 0 Å². The molecule has 1 aromatic heterocycles. The zero-order valence-electron chi connectivity index (χ0n) is 16.1. The van der Waals surface area contributed by atoms with Gasteiger partial charge in [-0.1, -0.05) is 40.1 Å². The number of nitrogens with zero attached hydrogens (tertiary/aromatic N) is 3. The van der Waals surface area contributed by atoms with Crippen LogP contribution in [-0.4, -0.2) is 37.9 Å². The molecule has 0 saturated carbocycles. The topological polar surface area (TPSA) is 38.1 Å². The Balaban J connectivity index is 1.40. The molecule has 2 fully saturated rings. The van der Waals surface area contributed by atoms with Gasteiger partial charge in [0.1, 0.15) is 5.82 Å². The van der Waals surface area contributed by atoms with Crippen LogP contribution in [0.2, 0.25) is 0 Å². The summed E-state index contributed by atoms with van der Waals surface area (Å²) in [6.45, 7) is 0.877. The molecule has 0 spiro atoms. The van der Waals surface area contributed by atoms with Gasteiger partial charge in [0, 0.05) is 31.0 Å². The number of aryl methyl sites for hydroxylation is 1. The number of likely N-dealkylation sites (tertiary alicyclic amines) is 1. The number of fused-ring (bicyclic) bond motifs is 1. The summed E-state index contributed by atoms with van der Waals surface area (Å²) in [7, 11) is 6.13. The monoisotopic (exact) mass is 403 g/mol. The highest BCUT2D eigenvalue weighted by Gasteiger charge is 2.31. The second-order valence-corrected chi connectivity index (χ2v) is 10.5. The molecule has 2 saturated heterocycles. The summed E-state index contributed by atoms with van der Waals surface area (Å²) in [5.41, 5.74) is 2.18. The zero-order chi connectivity index (χ0) is 18.6. The van der Waals surface area contributed by atoms with Crippen LogP contribution in [0.1, 0.15) is 63.2 Å². The molecule has 0 bridgehead atoms. The molecular formula is C21H29N3OS2. The fourth-order valence-electron chi connectivity index (χ4n) is 4.32. The Kier molecular flexibility index (Phi) is 6.33. The van der Waals surface area contributed by atoms with Crippen LogP contribution < -0.4 is 0 Å². The summed E-state index contributed by atoms with van der Waals surface area (Å²) in [4.78, 5) is 20.0. The maximum absolute atomic E-state index is 13.0. The Morgan fingerprint density at radius 2 is 2.11 bits per heavy atom. The van der Waals surface area contributed by atoms with E-state index >= 15 is 0 Å². The van der Waals surface area contributed by atoms with E-state index in [-0.39, 0.29) is 6.04 Å².